The summed E-state index contributed by atoms with van der Waals surface area (Å²) < 4.78 is 77.4. The van der Waals surface area contributed by atoms with Crippen molar-refractivity contribution in [2.75, 3.05) is 19.8 Å². The van der Waals surface area contributed by atoms with Crippen LogP contribution in [0.15, 0.2) is 0 Å². The second-order valence-corrected chi connectivity index (χ2v) is 8.22. The van der Waals surface area contributed by atoms with Gasteiger partial charge in [-0.15, -0.1) is 0 Å². The van der Waals surface area contributed by atoms with Crippen molar-refractivity contribution in [1.82, 2.24) is 0 Å². The standard InChI is InChI=1S/C24H37F5O2/c1-18(2)31-17-16-30-15-13-11-9-7-5-3-4-6-8-10-12-14-19-20(25)22(27)24(29)23(28)21(19)26/h18H,3-17H2,1-2H3. The van der Waals surface area contributed by atoms with Crippen molar-refractivity contribution < 1.29 is 31.4 Å². The van der Waals surface area contributed by atoms with E-state index in [1.54, 1.807) is 0 Å². The summed E-state index contributed by atoms with van der Waals surface area (Å²) in [6.45, 7) is 6.10. The fraction of sp³-hybridized carbons (Fsp3) is 0.750. The van der Waals surface area contributed by atoms with Gasteiger partial charge in [-0.2, -0.15) is 0 Å². The van der Waals surface area contributed by atoms with E-state index in [1.165, 1.54) is 25.7 Å². The molecule has 0 aromatic heterocycles. The molecular formula is C24H37F5O2. The third kappa shape index (κ3) is 11.3. The molecule has 0 fully saturated rings. The predicted octanol–water partition coefficient (Wildman–Crippen LogP) is 7.66. The number of ether oxygens (including phenoxy) is 2. The number of benzene rings is 1. The van der Waals surface area contributed by atoms with Gasteiger partial charge in [-0.1, -0.05) is 57.8 Å². The van der Waals surface area contributed by atoms with Gasteiger partial charge in [0.2, 0.25) is 5.82 Å². The molecule has 0 bridgehead atoms. The average molecular weight is 453 g/mol. The summed E-state index contributed by atoms with van der Waals surface area (Å²) in [6, 6.07) is 0. The van der Waals surface area contributed by atoms with Crippen molar-refractivity contribution >= 4 is 0 Å². The zero-order chi connectivity index (χ0) is 23.1. The Hall–Kier alpha value is -1.21. The lowest BCUT2D eigenvalue weighted by Crippen LogP contribution is -2.10. The van der Waals surface area contributed by atoms with Crippen LogP contribution < -0.4 is 0 Å². The van der Waals surface area contributed by atoms with Gasteiger partial charge in [0.1, 0.15) is 0 Å². The Morgan fingerprint density at radius 3 is 1.42 bits per heavy atom. The van der Waals surface area contributed by atoms with Crippen LogP contribution in [0.4, 0.5) is 22.0 Å². The lowest BCUT2D eigenvalue weighted by atomic mass is 10.0. The smallest absolute Gasteiger partial charge is 0.200 e. The van der Waals surface area contributed by atoms with E-state index in [0.717, 1.165) is 38.7 Å². The maximum absolute atomic E-state index is 13.6. The van der Waals surface area contributed by atoms with Crippen molar-refractivity contribution in [2.24, 2.45) is 0 Å². The van der Waals surface area contributed by atoms with Crippen LogP contribution in [0.5, 0.6) is 0 Å². The number of hydrogen-bond acceptors (Lipinski definition) is 2. The Morgan fingerprint density at radius 1 is 0.516 bits per heavy atom. The third-order valence-corrected chi connectivity index (χ3v) is 5.20. The number of rotatable bonds is 18. The van der Waals surface area contributed by atoms with Crippen LogP contribution in [0.3, 0.4) is 0 Å². The monoisotopic (exact) mass is 452 g/mol. The van der Waals surface area contributed by atoms with Crippen LogP contribution in [0.1, 0.15) is 90.0 Å². The third-order valence-electron chi connectivity index (χ3n) is 5.20. The van der Waals surface area contributed by atoms with Crippen molar-refractivity contribution in [1.29, 1.82) is 0 Å². The van der Waals surface area contributed by atoms with E-state index in [9.17, 15) is 22.0 Å². The Kier molecular flexibility index (Phi) is 14.7. The van der Waals surface area contributed by atoms with E-state index in [-0.39, 0.29) is 12.5 Å². The van der Waals surface area contributed by atoms with Crippen LogP contribution in [0.2, 0.25) is 0 Å². The summed E-state index contributed by atoms with van der Waals surface area (Å²) in [5, 5.41) is 0. The maximum Gasteiger partial charge on any atom is 0.200 e. The molecule has 0 amide bonds. The largest absolute Gasteiger partial charge is 0.379 e. The first-order valence-electron chi connectivity index (χ1n) is 11.6. The molecular weight excluding hydrogens is 415 g/mol. The SMILES string of the molecule is CC(C)OCCOCCCCCCCCCCCCCc1c(F)c(F)c(F)c(F)c1F. The first-order valence-corrected chi connectivity index (χ1v) is 11.6. The average Bonchev–Trinajstić information content (AvgIpc) is 2.74. The van der Waals surface area contributed by atoms with Gasteiger partial charge in [-0.3, -0.25) is 0 Å². The lowest BCUT2D eigenvalue weighted by Gasteiger charge is -2.08. The minimum Gasteiger partial charge on any atom is -0.379 e. The van der Waals surface area contributed by atoms with Gasteiger partial charge in [-0.25, -0.2) is 22.0 Å². The van der Waals surface area contributed by atoms with Gasteiger partial charge in [0.15, 0.2) is 23.3 Å². The van der Waals surface area contributed by atoms with E-state index in [1.807, 2.05) is 13.8 Å². The highest BCUT2D eigenvalue weighted by molar-refractivity contribution is 5.24. The molecule has 31 heavy (non-hydrogen) atoms. The minimum atomic E-state index is -2.10. The van der Waals surface area contributed by atoms with Crippen molar-refractivity contribution in [3.05, 3.63) is 34.6 Å². The van der Waals surface area contributed by atoms with Gasteiger partial charge in [0.25, 0.3) is 0 Å². The van der Waals surface area contributed by atoms with Crippen molar-refractivity contribution in [3.8, 4) is 0 Å². The summed E-state index contributed by atoms with van der Waals surface area (Å²) in [5.41, 5.74) is -0.703. The summed E-state index contributed by atoms with van der Waals surface area (Å²) in [5.74, 6) is -9.24. The van der Waals surface area contributed by atoms with E-state index in [0.29, 0.717) is 26.1 Å². The molecule has 0 N–H and O–H groups in total. The molecule has 0 saturated carbocycles. The molecule has 0 aliphatic heterocycles. The zero-order valence-electron chi connectivity index (χ0n) is 18.9. The predicted molar refractivity (Wildman–Crippen MR) is 113 cm³/mol. The summed E-state index contributed by atoms with van der Waals surface area (Å²) in [7, 11) is 0. The van der Waals surface area contributed by atoms with Gasteiger partial charge in [-0.05, 0) is 33.1 Å². The second-order valence-electron chi connectivity index (χ2n) is 8.22. The molecule has 1 rings (SSSR count). The molecule has 0 saturated heterocycles. The van der Waals surface area contributed by atoms with E-state index in [4.69, 9.17) is 9.47 Å². The van der Waals surface area contributed by atoms with Crippen LogP contribution in [-0.4, -0.2) is 25.9 Å². The van der Waals surface area contributed by atoms with Crippen molar-refractivity contribution in [3.63, 3.8) is 0 Å². The first kappa shape index (κ1) is 27.8. The van der Waals surface area contributed by atoms with Crippen LogP contribution >= 0.6 is 0 Å². The molecule has 7 heteroatoms. The Morgan fingerprint density at radius 2 is 0.935 bits per heavy atom. The highest BCUT2D eigenvalue weighted by Gasteiger charge is 2.24. The molecule has 2 nitrogen and oxygen atoms in total. The molecule has 0 heterocycles. The van der Waals surface area contributed by atoms with Crippen LogP contribution in [0.25, 0.3) is 0 Å². The highest BCUT2D eigenvalue weighted by atomic mass is 19.2. The molecule has 1 aromatic carbocycles. The van der Waals surface area contributed by atoms with Gasteiger partial charge in [0, 0.05) is 12.2 Å². The topological polar surface area (TPSA) is 18.5 Å². The van der Waals surface area contributed by atoms with E-state index in [2.05, 4.69) is 0 Å². The second kappa shape index (κ2) is 16.4. The number of unbranched alkanes of at least 4 members (excludes halogenated alkanes) is 10. The molecule has 1 aromatic rings. The van der Waals surface area contributed by atoms with Crippen LogP contribution in [-0.2, 0) is 15.9 Å². The van der Waals surface area contributed by atoms with E-state index >= 15 is 0 Å². The fourth-order valence-corrected chi connectivity index (χ4v) is 3.41. The molecule has 0 spiro atoms. The molecule has 180 valence electrons. The lowest BCUT2D eigenvalue weighted by molar-refractivity contribution is 0.0186. The molecule has 0 aliphatic carbocycles. The first-order chi connectivity index (χ1) is 14.9. The van der Waals surface area contributed by atoms with Gasteiger partial charge < -0.3 is 9.47 Å². The Labute approximate surface area is 183 Å². The molecule has 0 atom stereocenters. The number of halogens is 5. The molecule has 0 aliphatic rings. The normalized spacial score (nSPS) is 11.6. The quantitative estimate of drug-likeness (QED) is 0.0985. The summed E-state index contributed by atoms with van der Waals surface area (Å²) >= 11 is 0. The maximum atomic E-state index is 13.6. The fourth-order valence-electron chi connectivity index (χ4n) is 3.41. The van der Waals surface area contributed by atoms with Gasteiger partial charge in [0.05, 0.1) is 19.3 Å². The Bertz CT molecular complexity index is 593. The van der Waals surface area contributed by atoms with E-state index < -0.39 is 34.6 Å². The highest BCUT2D eigenvalue weighted by Crippen LogP contribution is 2.24. The number of hydrogen-bond donors (Lipinski definition) is 0. The molecule has 0 radical (unpaired) electrons. The zero-order valence-corrected chi connectivity index (χ0v) is 18.9. The van der Waals surface area contributed by atoms with Crippen LogP contribution in [0, 0.1) is 29.1 Å². The van der Waals surface area contributed by atoms with Gasteiger partial charge >= 0.3 is 0 Å². The summed E-state index contributed by atoms with van der Waals surface area (Å²) in [6.07, 6.45) is 11.2. The summed E-state index contributed by atoms with van der Waals surface area (Å²) in [4.78, 5) is 0. The Balaban J connectivity index is 1.94. The van der Waals surface area contributed by atoms with Crippen molar-refractivity contribution in [2.45, 2.75) is 97.0 Å². The minimum absolute atomic E-state index is 0.139. The molecule has 0 unspecified atom stereocenters.